The number of halogens is 2. The van der Waals surface area contributed by atoms with Crippen LogP contribution >= 0.6 is 38.5 Å². The maximum Gasteiger partial charge on any atom is 0.254 e. The zero-order valence-electron chi connectivity index (χ0n) is 10.9. The molecule has 0 saturated carbocycles. The average molecular weight is 438 g/mol. The standard InChI is InChI=1S/C14H17BrINO2/c1-17(9-11-4-2-3-7-19-11)14(18)12-8-10(15)5-6-13(12)16/h5-6,8,11H,2-4,7,9H2,1H3. The van der Waals surface area contributed by atoms with Crippen molar-refractivity contribution in [3.63, 3.8) is 0 Å². The Bertz CT molecular complexity index is 461. The predicted octanol–water partition coefficient (Wildman–Crippen LogP) is 3.69. The van der Waals surface area contributed by atoms with Crippen LogP contribution in [0.3, 0.4) is 0 Å². The molecule has 1 aliphatic rings. The molecule has 0 radical (unpaired) electrons. The van der Waals surface area contributed by atoms with Crippen molar-refractivity contribution in [1.82, 2.24) is 4.90 Å². The van der Waals surface area contributed by atoms with Crippen molar-refractivity contribution in [3.05, 3.63) is 31.8 Å². The normalized spacial score (nSPS) is 19.2. The van der Waals surface area contributed by atoms with Crippen molar-refractivity contribution in [2.75, 3.05) is 20.2 Å². The molecule has 0 aromatic heterocycles. The summed E-state index contributed by atoms with van der Waals surface area (Å²) >= 11 is 5.61. The van der Waals surface area contributed by atoms with Gasteiger partial charge >= 0.3 is 0 Å². The van der Waals surface area contributed by atoms with E-state index in [1.54, 1.807) is 4.90 Å². The van der Waals surface area contributed by atoms with Crippen LogP contribution in [-0.2, 0) is 4.74 Å². The number of benzene rings is 1. The molecule has 3 nitrogen and oxygen atoms in total. The van der Waals surface area contributed by atoms with Crippen LogP contribution in [-0.4, -0.2) is 37.1 Å². The highest BCUT2D eigenvalue weighted by Gasteiger charge is 2.21. The highest BCUT2D eigenvalue weighted by molar-refractivity contribution is 14.1. The van der Waals surface area contributed by atoms with Gasteiger partial charge in [0.25, 0.3) is 5.91 Å². The van der Waals surface area contributed by atoms with Crippen LogP contribution in [0, 0.1) is 3.57 Å². The Labute approximate surface area is 136 Å². The fourth-order valence-electron chi connectivity index (χ4n) is 2.21. The first kappa shape index (κ1) is 15.3. The van der Waals surface area contributed by atoms with E-state index in [1.807, 2.05) is 25.2 Å². The summed E-state index contributed by atoms with van der Waals surface area (Å²) in [6.07, 6.45) is 3.57. The van der Waals surface area contributed by atoms with Crippen molar-refractivity contribution in [1.29, 1.82) is 0 Å². The number of hydrogen-bond donors (Lipinski definition) is 0. The lowest BCUT2D eigenvalue weighted by atomic mass is 10.1. The lowest BCUT2D eigenvalue weighted by Gasteiger charge is -2.27. The Morgan fingerprint density at radius 1 is 1.53 bits per heavy atom. The molecule has 1 aromatic rings. The summed E-state index contributed by atoms with van der Waals surface area (Å²) < 4.78 is 7.59. The molecule has 5 heteroatoms. The van der Waals surface area contributed by atoms with Crippen LogP contribution in [0.25, 0.3) is 0 Å². The van der Waals surface area contributed by atoms with Gasteiger partial charge in [0, 0.05) is 28.2 Å². The third-order valence-corrected chi connectivity index (χ3v) is 4.69. The van der Waals surface area contributed by atoms with Gasteiger partial charge in [-0.05, 0) is 60.1 Å². The van der Waals surface area contributed by atoms with E-state index in [0.29, 0.717) is 6.54 Å². The fraction of sp³-hybridized carbons (Fsp3) is 0.500. The Balaban J connectivity index is 2.03. The molecule has 1 amide bonds. The molecule has 1 saturated heterocycles. The summed E-state index contributed by atoms with van der Waals surface area (Å²) in [6, 6.07) is 5.77. The van der Waals surface area contributed by atoms with E-state index < -0.39 is 0 Å². The Morgan fingerprint density at radius 2 is 2.32 bits per heavy atom. The third kappa shape index (κ3) is 4.16. The number of ether oxygens (including phenoxy) is 1. The van der Waals surface area contributed by atoms with Crippen LogP contribution < -0.4 is 0 Å². The number of likely N-dealkylation sites (N-methyl/N-ethyl adjacent to an activating group) is 1. The smallest absolute Gasteiger partial charge is 0.254 e. The van der Waals surface area contributed by atoms with Crippen molar-refractivity contribution >= 4 is 44.4 Å². The molecule has 0 aliphatic carbocycles. The summed E-state index contributed by atoms with van der Waals surface area (Å²) in [5.41, 5.74) is 0.744. The maximum atomic E-state index is 12.4. The first-order valence-corrected chi connectivity index (χ1v) is 8.27. The van der Waals surface area contributed by atoms with Gasteiger partial charge in [-0.25, -0.2) is 0 Å². The molecule has 1 unspecified atom stereocenters. The van der Waals surface area contributed by atoms with Gasteiger partial charge in [-0.1, -0.05) is 15.9 Å². The van der Waals surface area contributed by atoms with Gasteiger partial charge in [0.05, 0.1) is 11.7 Å². The second kappa shape index (κ2) is 7.04. The largest absolute Gasteiger partial charge is 0.376 e. The van der Waals surface area contributed by atoms with Crippen LogP contribution in [0.4, 0.5) is 0 Å². The lowest BCUT2D eigenvalue weighted by molar-refractivity contribution is -0.000207. The van der Waals surface area contributed by atoms with Gasteiger partial charge in [0.2, 0.25) is 0 Å². The quantitative estimate of drug-likeness (QED) is 0.675. The second-order valence-corrected chi connectivity index (χ2v) is 6.88. The number of carbonyl (C=O) groups excluding carboxylic acids is 1. The van der Waals surface area contributed by atoms with Crippen molar-refractivity contribution in [3.8, 4) is 0 Å². The lowest BCUT2D eigenvalue weighted by Crippen LogP contribution is -2.37. The van der Waals surface area contributed by atoms with E-state index >= 15 is 0 Å². The Kier molecular flexibility index (Phi) is 5.65. The van der Waals surface area contributed by atoms with Crippen LogP contribution in [0.15, 0.2) is 22.7 Å². The Hall–Kier alpha value is -0.140. The van der Waals surface area contributed by atoms with E-state index in [9.17, 15) is 4.79 Å². The Morgan fingerprint density at radius 3 is 3.00 bits per heavy atom. The van der Waals surface area contributed by atoms with Crippen LogP contribution in [0.1, 0.15) is 29.6 Å². The van der Waals surface area contributed by atoms with Gasteiger partial charge < -0.3 is 9.64 Å². The van der Waals surface area contributed by atoms with Crippen molar-refractivity contribution in [2.45, 2.75) is 25.4 Å². The number of hydrogen-bond acceptors (Lipinski definition) is 2. The summed E-state index contributed by atoms with van der Waals surface area (Å²) in [4.78, 5) is 14.2. The fourth-order valence-corrected chi connectivity index (χ4v) is 3.13. The van der Waals surface area contributed by atoms with Crippen LogP contribution in [0.2, 0.25) is 0 Å². The molecule has 1 fully saturated rings. The van der Waals surface area contributed by atoms with Gasteiger partial charge in [-0.3, -0.25) is 4.79 Å². The number of nitrogens with zero attached hydrogens (tertiary/aromatic N) is 1. The topological polar surface area (TPSA) is 29.5 Å². The maximum absolute atomic E-state index is 12.4. The number of amides is 1. The highest BCUT2D eigenvalue weighted by atomic mass is 127. The summed E-state index contributed by atoms with van der Waals surface area (Å²) in [6.45, 7) is 1.49. The van der Waals surface area contributed by atoms with Gasteiger partial charge in [-0.2, -0.15) is 0 Å². The van der Waals surface area contributed by atoms with Crippen molar-refractivity contribution in [2.24, 2.45) is 0 Å². The molecule has 1 aliphatic heterocycles. The SMILES string of the molecule is CN(CC1CCCCO1)C(=O)c1cc(Br)ccc1I. The molecular formula is C14H17BrINO2. The molecule has 104 valence electrons. The zero-order valence-corrected chi connectivity index (χ0v) is 14.6. The van der Waals surface area contributed by atoms with E-state index in [-0.39, 0.29) is 12.0 Å². The third-order valence-electron chi connectivity index (χ3n) is 3.26. The van der Waals surface area contributed by atoms with Crippen molar-refractivity contribution < 1.29 is 9.53 Å². The molecule has 0 bridgehead atoms. The minimum atomic E-state index is 0.0554. The summed E-state index contributed by atoms with van der Waals surface area (Å²) in [7, 11) is 1.84. The monoisotopic (exact) mass is 437 g/mol. The van der Waals surface area contributed by atoms with E-state index in [2.05, 4.69) is 38.5 Å². The highest BCUT2D eigenvalue weighted by Crippen LogP contribution is 2.20. The second-order valence-electron chi connectivity index (χ2n) is 4.80. The van der Waals surface area contributed by atoms with Gasteiger partial charge in [0.1, 0.15) is 0 Å². The van der Waals surface area contributed by atoms with E-state index in [4.69, 9.17) is 4.74 Å². The minimum Gasteiger partial charge on any atom is -0.376 e. The van der Waals surface area contributed by atoms with Gasteiger partial charge in [-0.15, -0.1) is 0 Å². The van der Waals surface area contributed by atoms with E-state index in [1.165, 1.54) is 6.42 Å². The molecule has 1 atom stereocenters. The van der Waals surface area contributed by atoms with Gasteiger partial charge in [0.15, 0.2) is 0 Å². The van der Waals surface area contributed by atoms with E-state index in [0.717, 1.165) is 33.1 Å². The molecular weight excluding hydrogens is 421 g/mol. The number of rotatable bonds is 3. The zero-order chi connectivity index (χ0) is 13.8. The average Bonchev–Trinajstić information content (AvgIpc) is 2.42. The first-order chi connectivity index (χ1) is 9.08. The summed E-state index contributed by atoms with van der Waals surface area (Å²) in [5.74, 6) is 0.0554. The predicted molar refractivity (Wildman–Crippen MR) is 87.4 cm³/mol. The van der Waals surface area contributed by atoms with Crippen LogP contribution in [0.5, 0.6) is 0 Å². The number of carbonyl (C=O) groups is 1. The molecule has 0 N–H and O–H groups in total. The minimum absolute atomic E-state index is 0.0554. The molecule has 19 heavy (non-hydrogen) atoms. The summed E-state index contributed by atoms with van der Waals surface area (Å²) in [5, 5.41) is 0. The first-order valence-electron chi connectivity index (χ1n) is 6.40. The molecule has 1 aromatic carbocycles. The molecule has 1 heterocycles. The molecule has 2 rings (SSSR count). The molecule has 0 spiro atoms.